The van der Waals surface area contributed by atoms with Crippen LogP contribution in [0.25, 0.3) is 0 Å². The Morgan fingerprint density at radius 1 is 1.25 bits per heavy atom. The molecule has 8 heteroatoms. The van der Waals surface area contributed by atoms with Gasteiger partial charge in [0.2, 0.25) is 5.91 Å². The third kappa shape index (κ3) is 7.21. The largest absolute Gasteiger partial charge is 0.354 e. The standard InChI is InChI=1S/C16H27N5O.2ClH/c1-16(2,13-17)19-15(22)6-8-20-9-11-21(12-10-20)14-5-3-4-7-18-14;;/h3-5,7H,6,8-13,17H2,1-2H3,(H,19,22);2*1H. The monoisotopic (exact) mass is 377 g/mol. The normalized spacial score (nSPS) is 15.2. The summed E-state index contributed by atoms with van der Waals surface area (Å²) in [4.78, 5) is 20.9. The molecule has 0 aliphatic carbocycles. The second-order valence-corrected chi connectivity index (χ2v) is 6.40. The number of anilines is 1. The predicted molar refractivity (Wildman–Crippen MR) is 103 cm³/mol. The molecule has 0 aromatic carbocycles. The van der Waals surface area contributed by atoms with Crippen LogP contribution >= 0.6 is 24.8 Å². The number of pyridine rings is 1. The number of hydrogen-bond acceptors (Lipinski definition) is 5. The molecule has 0 radical (unpaired) electrons. The number of hydrogen-bond donors (Lipinski definition) is 2. The minimum atomic E-state index is -0.325. The van der Waals surface area contributed by atoms with Gasteiger partial charge >= 0.3 is 0 Å². The molecule has 0 bridgehead atoms. The maximum absolute atomic E-state index is 11.9. The number of piperazine rings is 1. The zero-order valence-corrected chi connectivity index (χ0v) is 16.0. The number of carbonyl (C=O) groups excluding carboxylic acids is 1. The molecule has 3 N–H and O–H groups in total. The molecule has 0 spiro atoms. The topological polar surface area (TPSA) is 74.5 Å². The van der Waals surface area contributed by atoms with Crippen molar-refractivity contribution in [1.82, 2.24) is 15.2 Å². The molecule has 24 heavy (non-hydrogen) atoms. The lowest BCUT2D eigenvalue weighted by Crippen LogP contribution is -2.50. The van der Waals surface area contributed by atoms with Crippen LogP contribution in [-0.2, 0) is 4.79 Å². The van der Waals surface area contributed by atoms with E-state index in [1.165, 1.54) is 0 Å². The van der Waals surface area contributed by atoms with E-state index in [1.54, 1.807) is 0 Å². The van der Waals surface area contributed by atoms with Gasteiger partial charge in [0, 0.05) is 57.4 Å². The summed E-state index contributed by atoms with van der Waals surface area (Å²) in [6.07, 6.45) is 2.35. The predicted octanol–water partition coefficient (Wildman–Crippen LogP) is 1.29. The van der Waals surface area contributed by atoms with Crippen molar-refractivity contribution in [2.75, 3.05) is 44.2 Å². The molecule has 2 rings (SSSR count). The highest BCUT2D eigenvalue weighted by Gasteiger charge is 2.21. The number of halogens is 2. The molecule has 1 fully saturated rings. The molecular weight excluding hydrogens is 349 g/mol. The summed E-state index contributed by atoms with van der Waals surface area (Å²) in [6, 6.07) is 5.98. The van der Waals surface area contributed by atoms with Crippen molar-refractivity contribution in [3.05, 3.63) is 24.4 Å². The van der Waals surface area contributed by atoms with E-state index < -0.39 is 0 Å². The van der Waals surface area contributed by atoms with Crippen molar-refractivity contribution in [3.8, 4) is 0 Å². The summed E-state index contributed by atoms with van der Waals surface area (Å²) in [5.41, 5.74) is 5.30. The van der Waals surface area contributed by atoms with Crippen molar-refractivity contribution in [3.63, 3.8) is 0 Å². The van der Waals surface area contributed by atoms with E-state index in [0.717, 1.165) is 38.5 Å². The lowest BCUT2D eigenvalue weighted by Gasteiger charge is -2.35. The molecule has 6 nitrogen and oxygen atoms in total. The van der Waals surface area contributed by atoms with Gasteiger partial charge in [-0.1, -0.05) is 6.07 Å². The fourth-order valence-electron chi connectivity index (χ4n) is 2.49. The molecule has 0 atom stereocenters. The molecule has 1 aliphatic heterocycles. The first-order chi connectivity index (χ1) is 10.5. The average Bonchev–Trinajstić information content (AvgIpc) is 2.54. The van der Waals surface area contributed by atoms with Crippen LogP contribution in [0.1, 0.15) is 20.3 Å². The number of nitrogens with zero attached hydrogens (tertiary/aromatic N) is 3. The van der Waals surface area contributed by atoms with Crippen molar-refractivity contribution in [1.29, 1.82) is 0 Å². The summed E-state index contributed by atoms with van der Waals surface area (Å²) < 4.78 is 0. The average molecular weight is 378 g/mol. The van der Waals surface area contributed by atoms with Gasteiger partial charge in [0.15, 0.2) is 0 Å². The molecule has 0 saturated carbocycles. The van der Waals surface area contributed by atoms with E-state index in [9.17, 15) is 4.79 Å². The molecule has 138 valence electrons. The maximum Gasteiger partial charge on any atom is 0.221 e. The molecule has 1 aliphatic rings. The van der Waals surface area contributed by atoms with Crippen molar-refractivity contribution < 1.29 is 4.79 Å². The van der Waals surface area contributed by atoms with Gasteiger partial charge in [-0.05, 0) is 26.0 Å². The summed E-state index contributed by atoms with van der Waals surface area (Å²) in [6.45, 7) is 8.95. The number of carbonyl (C=O) groups is 1. The highest BCUT2D eigenvalue weighted by atomic mass is 35.5. The lowest BCUT2D eigenvalue weighted by molar-refractivity contribution is -0.122. The number of nitrogens with two attached hydrogens (primary N) is 1. The van der Waals surface area contributed by atoms with Gasteiger partial charge in [-0.15, -0.1) is 24.8 Å². The van der Waals surface area contributed by atoms with Gasteiger partial charge in [-0.2, -0.15) is 0 Å². The van der Waals surface area contributed by atoms with Gasteiger partial charge < -0.3 is 16.0 Å². The van der Waals surface area contributed by atoms with Crippen LogP contribution in [-0.4, -0.2) is 60.6 Å². The van der Waals surface area contributed by atoms with Gasteiger partial charge in [-0.3, -0.25) is 9.69 Å². The third-order valence-electron chi connectivity index (χ3n) is 3.99. The smallest absolute Gasteiger partial charge is 0.221 e. The van der Waals surface area contributed by atoms with E-state index in [0.29, 0.717) is 13.0 Å². The van der Waals surface area contributed by atoms with Gasteiger partial charge in [0.05, 0.1) is 0 Å². The van der Waals surface area contributed by atoms with E-state index in [2.05, 4.69) is 20.1 Å². The van der Waals surface area contributed by atoms with Crippen LogP contribution in [0.5, 0.6) is 0 Å². The molecule has 1 aromatic rings. The zero-order valence-electron chi connectivity index (χ0n) is 14.4. The second-order valence-electron chi connectivity index (χ2n) is 6.40. The second kappa shape index (κ2) is 10.7. The number of nitrogens with one attached hydrogen (secondary N) is 1. The molecule has 0 unspecified atom stereocenters. The van der Waals surface area contributed by atoms with E-state index in [-0.39, 0.29) is 36.3 Å². The van der Waals surface area contributed by atoms with Crippen LogP contribution in [0, 0.1) is 0 Å². The van der Waals surface area contributed by atoms with Crippen LogP contribution in [0.2, 0.25) is 0 Å². The number of amides is 1. The minimum absolute atomic E-state index is 0. The zero-order chi connectivity index (χ0) is 16.0. The van der Waals surface area contributed by atoms with E-state index in [1.807, 2.05) is 38.2 Å². The summed E-state index contributed by atoms with van der Waals surface area (Å²) in [7, 11) is 0. The van der Waals surface area contributed by atoms with Crippen molar-refractivity contribution >= 4 is 36.5 Å². The quantitative estimate of drug-likeness (QED) is 0.781. The summed E-state index contributed by atoms with van der Waals surface area (Å²) in [5.74, 6) is 1.10. The Balaban J connectivity index is 0.00000264. The first-order valence-corrected chi connectivity index (χ1v) is 7.89. The summed E-state index contributed by atoms with van der Waals surface area (Å²) >= 11 is 0. The van der Waals surface area contributed by atoms with Gasteiger partial charge in [0.25, 0.3) is 0 Å². The third-order valence-corrected chi connectivity index (χ3v) is 3.99. The Morgan fingerprint density at radius 2 is 1.92 bits per heavy atom. The SMILES string of the molecule is CC(C)(CN)NC(=O)CCN1CCN(c2ccccn2)CC1.Cl.Cl. The Bertz CT molecular complexity index is 479. The Hall–Kier alpha value is -1.08. The van der Waals surface area contributed by atoms with Crippen molar-refractivity contribution in [2.24, 2.45) is 5.73 Å². The van der Waals surface area contributed by atoms with E-state index in [4.69, 9.17) is 5.73 Å². The highest BCUT2D eigenvalue weighted by Crippen LogP contribution is 2.12. The molecule has 1 aromatic heterocycles. The maximum atomic E-state index is 11.9. The Morgan fingerprint density at radius 3 is 2.46 bits per heavy atom. The number of aromatic nitrogens is 1. The molecular formula is C16H29Cl2N5O. The molecule has 2 heterocycles. The molecule has 1 saturated heterocycles. The molecule has 1 amide bonds. The van der Waals surface area contributed by atoms with Gasteiger partial charge in [0.1, 0.15) is 5.82 Å². The Kier molecular flexibility index (Phi) is 10.2. The van der Waals surface area contributed by atoms with Crippen LogP contribution in [0.3, 0.4) is 0 Å². The Labute approximate surface area is 157 Å². The first kappa shape index (κ1) is 22.9. The highest BCUT2D eigenvalue weighted by molar-refractivity contribution is 5.85. The van der Waals surface area contributed by atoms with Crippen LogP contribution in [0.15, 0.2) is 24.4 Å². The van der Waals surface area contributed by atoms with Crippen LogP contribution < -0.4 is 16.0 Å². The van der Waals surface area contributed by atoms with Crippen molar-refractivity contribution in [2.45, 2.75) is 25.8 Å². The fourth-order valence-corrected chi connectivity index (χ4v) is 2.49. The summed E-state index contributed by atoms with van der Waals surface area (Å²) in [5, 5.41) is 2.97. The number of rotatable bonds is 6. The van der Waals surface area contributed by atoms with Gasteiger partial charge in [-0.25, -0.2) is 4.98 Å². The lowest BCUT2D eigenvalue weighted by atomic mass is 10.1. The fraction of sp³-hybridized carbons (Fsp3) is 0.625. The first-order valence-electron chi connectivity index (χ1n) is 7.89. The van der Waals surface area contributed by atoms with Crippen LogP contribution in [0.4, 0.5) is 5.82 Å². The minimum Gasteiger partial charge on any atom is -0.354 e. The van der Waals surface area contributed by atoms with E-state index >= 15 is 0 Å².